The molecule has 1 saturated carbocycles. The molecule has 3 nitrogen and oxygen atoms in total. The minimum atomic E-state index is -0.822. The third-order valence-corrected chi connectivity index (χ3v) is 3.08. The number of carbonyl (C=O) groups excluding carboxylic acids is 1. The molecule has 1 aromatic rings. The maximum absolute atomic E-state index is 11.2. The Bertz CT molecular complexity index is 423. The highest BCUT2D eigenvalue weighted by molar-refractivity contribution is 5.82. The van der Waals surface area contributed by atoms with Crippen LogP contribution in [0.25, 0.3) is 0 Å². The van der Waals surface area contributed by atoms with E-state index >= 15 is 0 Å². The lowest BCUT2D eigenvalue weighted by atomic mass is 9.91. The number of carbonyl (C=O) groups is 2. The van der Waals surface area contributed by atoms with Crippen LogP contribution in [0.1, 0.15) is 36.3 Å². The summed E-state index contributed by atoms with van der Waals surface area (Å²) < 4.78 is 0. The van der Waals surface area contributed by atoms with Crippen LogP contribution in [0.15, 0.2) is 24.3 Å². The van der Waals surface area contributed by atoms with E-state index in [1.807, 2.05) is 24.3 Å². The molecule has 1 fully saturated rings. The van der Waals surface area contributed by atoms with Gasteiger partial charge in [0.1, 0.15) is 5.78 Å². The minimum Gasteiger partial charge on any atom is -0.481 e. The average molecular weight is 218 g/mol. The highest BCUT2D eigenvalue weighted by Crippen LogP contribution is 2.34. The van der Waals surface area contributed by atoms with Gasteiger partial charge in [-0.15, -0.1) is 0 Å². The fourth-order valence-electron chi connectivity index (χ4n) is 2.34. The maximum atomic E-state index is 11.2. The van der Waals surface area contributed by atoms with Crippen molar-refractivity contribution in [1.82, 2.24) is 0 Å². The second kappa shape index (κ2) is 4.47. The van der Waals surface area contributed by atoms with Crippen molar-refractivity contribution >= 4 is 11.8 Å². The van der Waals surface area contributed by atoms with E-state index in [2.05, 4.69) is 0 Å². The molecule has 16 heavy (non-hydrogen) atoms. The van der Waals surface area contributed by atoms with Crippen LogP contribution in [0.4, 0.5) is 0 Å². The first-order valence-corrected chi connectivity index (χ1v) is 5.48. The number of ketones is 1. The van der Waals surface area contributed by atoms with Crippen LogP contribution >= 0.6 is 0 Å². The number of carboxylic acids is 1. The van der Waals surface area contributed by atoms with E-state index in [1.54, 1.807) is 0 Å². The first kappa shape index (κ1) is 10.9. The summed E-state index contributed by atoms with van der Waals surface area (Å²) in [6.07, 6.45) is 2.10. The Balaban J connectivity index is 2.25. The Labute approximate surface area is 94.1 Å². The molecule has 0 aliphatic heterocycles. The number of hydrogen-bond acceptors (Lipinski definition) is 2. The summed E-state index contributed by atoms with van der Waals surface area (Å²) in [7, 11) is 0. The van der Waals surface area contributed by atoms with E-state index in [4.69, 9.17) is 5.11 Å². The molecule has 0 saturated heterocycles. The second-order valence-electron chi connectivity index (χ2n) is 4.25. The number of carboxylic acid groups (broad SMARTS) is 1. The lowest BCUT2D eigenvalue weighted by Gasteiger charge is -2.13. The molecule has 0 radical (unpaired) electrons. The Morgan fingerprint density at radius 1 is 1.38 bits per heavy atom. The molecule has 1 aliphatic carbocycles. The standard InChI is InChI=1S/C13H14O3/c14-11-6-5-10(7-11)12-4-2-1-3-9(12)8-13(15)16/h1-4,10H,5-8H2,(H,15,16). The Morgan fingerprint density at radius 2 is 2.12 bits per heavy atom. The molecule has 0 bridgehead atoms. The van der Waals surface area contributed by atoms with Crippen molar-refractivity contribution in [2.75, 3.05) is 0 Å². The van der Waals surface area contributed by atoms with E-state index in [0.717, 1.165) is 17.5 Å². The molecular weight excluding hydrogens is 204 g/mol. The second-order valence-corrected chi connectivity index (χ2v) is 4.25. The van der Waals surface area contributed by atoms with Crippen molar-refractivity contribution in [2.45, 2.75) is 31.6 Å². The predicted molar refractivity (Wildman–Crippen MR) is 59.4 cm³/mol. The summed E-state index contributed by atoms with van der Waals surface area (Å²) in [5, 5.41) is 8.82. The molecule has 0 amide bonds. The third kappa shape index (κ3) is 2.30. The molecule has 84 valence electrons. The molecule has 2 rings (SSSR count). The highest BCUT2D eigenvalue weighted by Gasteiger charge is 2.25. The van der Waals surface area contributed by atoms with E-state index in [0.29, 0.717) is 12.8 Å². The van der Waals surface area contributed by atoms with Crippen LogP contribution in [0.3, 0.4) is 0 Å². The first-order valence-electron chi connectivity index (χ1n) is 5.48. The number of Topliss-reactive ketones (excluding diaryl/α,β-unsaturated/α-hetero) is 1. The van der Waals surface area contributed by atoms with Gasteiger partial charge in [0.15, 0.2) is 0 Å². The number of rotatable bonds is 3. The van der Waals surface area contributed by atoms with E-state index in [-0.39, 0.29) is 18.1 Å². The van der Waals surface area contributed by atoms with E-state index < -0.39 is 5.97 Å². The summed E-state index contributed by atoms with van der Waals surface area (Å²) in [6, 6.07) is 7.54. The van der Waals surface area contributed by atoms with Crippen molar-refractivity contribution < 1.29 is 14.7 Å². The molecule has 0 aromatic heterocycles. The third-order valence-electron chi connectivity index (χ3n) is 3.08. The van der Waals surface area contributed by atoms with Gasteiger partial charge in [-0.2, -0.15) is 0 Å². The van der Waals surface area contributed by atoms with Gasteiger partial charge in [0.05, 0.1) is 6.42 Å². The average Bonchev–Trinajstić information content (AvgIpc) is 2.65. The van der Waals surface area contributed by atoms with Crippen LogP contribution in [0.5, 0.6) is 0 Å². The lowest BCUT2D eigenvalue weighted by Crippen LogP contribution is -2.06. The smallest absolute Gasteiger partial charge is 0.307 e. The summed E-state index contributed by atoms with van der Waals surface area (Å²) in [5.74, 6) is -0.310. The van der Waals surface area contributed by atoms with Crippen LogP contribution in [0.2, 0.25) is 0 Å². The number of hydrogen-bond donors (Lipinski definition) is 1. The summed E-state index contributed by atoms with van der Waals surface area (Å²) >= 11 is 0. The van der Waals surface area contributed by atoms with Gasteiger partial charge in [0.25, 0.3) is 0 Å². The van der Waals surface area contributed by atoms with Gasteiger partial charge in [0.2, 0.25) is 0 Å². The lowest BCUT2D eigenvalue weighted by molar-refractivity contribution is -0.136. The SMILES string of the molecule is O=C(O)Cc1ccccc1C1CCC(=O)C1. The first-order chi connectivity index (χ1) is 7.66. The van der Waals surface area contributed by atoms with Crippen LogP contribution in [-0.2, 0) is 16.0 Å². The molecule has 0 heterocycles. The van der Waals surface area contributed by atoms with Crippen molar-refractivity contribution in [3.8, 4) is 0 Å². The zero-order valence-electron chi connectivity index (χ0n) is 8.98. The summed E-state index contributed by atoms with van der Waals surface area (Å²) in [4.78, 5) is 22.0. The molecule has 1 aliphatic rings. The molecule has 1 unspecified atom stereocenters. The Hall–Kier alpha value is -1.64. The zero-order valence-corrected chi connectivity index (χ0v) is 8.98. The highest BCUT2D eigenvalue weighted by atomic mass is 16.4. The van der Waals surface area contributed by atoms with Gasteiger partial charge in [-0.25, -0.2) is 0 Å². The van der Waals surface area contributed by atoms with Crippen molar-refractivity contribution in [1.29, 1.82) is 0 Å². The van der Waals surface area contributed by atoms with E-state index in [1.165, 1.54) is 0 Å². The molecular formula is C13H14O3. The van der Waals surface area contributed by atoms with Gasteiger partial charge in [-0.1, -0.05) is 24.3 Å². The van der Waals surface area contributed by atoms with Crippen molar-refractivity contribution in [2.24, 2.45) is 0 Å². The molecule has 3 heteroatoms. The van der Waals surface area contributed by atoms with Gasteiger partial charge in [0, 0.05) is 12.8 Å². The van der Waals surface area contributed by atoms with Crippen molar-refractivity contribution in [3.63, 3.8) is 0 Å². The summed E-state index contributed by atoms with van der Waals surface area (Å²) in [5.41, 5.74) is 1.88. The van der Waals surface area contributed by atoms with Crippen LogP contribution in [-0.4, -0.2) is 16.9 Å². The zero-order chi connectivity index (χ0) is 11.5. The maximum Gasteiger partial charge on any atom is 0.307 e. The van der Waals surface area contributed by atoms with Crippen LogP contribution in [0, 0.1) is 0 Å². The fourth-order valence-corrected chi connectivity index (χ4v) is 2.34. The number of aliphatic carboxylic acids is 1. The predicted octanol–water partition coefficient (Wildman–Crippen LogP) is 2.15. The Kier molecular flexibility index (Phi) is 3.04. The van der Waals surface area contributed by atoms with Gasteiger partial charge in [-0.05, 0) is 23.5 Å². The molecule has 1 N–H and O–H groups in total. The van der Waals surface area contributed by atoms with Gasteiger partial charge in [-0.3, -0.25) is 9.59 Å². The minimum absolute atomic E-state index is 0.0425. The monoisotopic (exact) mass is 218 g/mol. The van der Waals surface area contributed by atoms with Gasteiger partial charge < -0.3 is 5.11 Å². The quantitative estimate of drug-likeness (QED) is 0.845. The number of benzene rings is 1. The largest absolute Gasteiger partial charge is 0.481 e. The van der Waals surface area contributed by atoms with E-state index in [9.17, 15) is 9.59 Å². The molecule has 1 aromatic carbocycles. The summed E-state index contributed by atoms with van der Waals surface area (Å²) in [6.45, 7) is 0. The normalized spacial score (nSPS) is 20.0. The molecule has 1 atom stereocenters. The Morgan fingerprint density at radius 3 is 2.75 bits per heavy atom. The molecule has 0 spiro atoms. The van der Waals surface area contributed by atoms with Crippen LogP contribution < -0.4 is 0 Å². The fraction of sp³-hybridized carbons (Fsp3) is 0.385. The topological polar surface area (TPSA) is 54.4 Å². The van der Waals surface area contributed by atoms with Gasteiger partial charge >= 0.3 is 5.97 Å². The van der Waals surface area contributed by atoms with Crippen molar-refractivity contribution in [3.05, 3.63) is 35.4 Å².